The molecule has 0 saturated heterocycles. The molecule has 0 spiro atoms. The van der Waals surface area contributed by atoms with Crippen LogP contribution >= 0.6 is 0 Å². The Labute approximate surface area is 149 Å². The van der Waals surface area contributed by atoms with Gasteiger partial charge in [-0.2, -0.15) is 10.2 Å². The number of carbonyl (C=O) groups excluding carboxylic acids is 2. The number of nitrogens with zero attached hydrogens (tertiary/aromatic N) is 2. The number of azo groups is 1. The molecule has 2 aromatic rings. The molecule has 26 heavy (non-hydrogen) atoms. The second-order valence-electron chi connectivity index (χ2n) is 5.07. The summed E-state index contributed by atoms with van der Waals surface area (Å²) in [6.45, 7) is 3.14. The summed E-state index contributed by atoms with van der Waals surface area (Å²) in [5.74, 6) is -1.80. The lowest BCUT2D eigenvalue weighted by molar-refractivity contribution is -0.121. The number of carbonyl (C=O) groups is 3. The second kappa shape index (κ2) is 8.88. The summed E-state index contributed by atoms with van der Waals surface area (Å²) in [7, 11) is 0. The minimum absolute atomic E-state index is 0.154. The largest absolute Gasteiger partial charge is 0.478 e. The fourth-order valence-corrected chi connectivity index (χ4v) is 1.84. The number of carboxylic acid groups (broad SMARTS) is 1. The second-order valence-corrected chi connectivity index (χ2v) is 5.07. The number of anilines is 1. The molecule has 0 saturated carbocycles. The lowest BCUT2D eigenvalue weighted by Crippen LogP contribution is -2.31. The monoisotopic (exact) mass is 352 g/mol. The molecule has 2 aromatic carbocycles. The van der Waals surface area contributed by atoms with Crippen molar-refractivity contribution in [1.82, 2.24) is 5.32 Å². The summed E-state index contributed by atoms with van der Waals surface area (Å²) < 4.78 is 0. The molecule has 0 bridgehead atoms. The SMILES string of the molecule is C=CC(=O)NCC(=O)Nc1ccc(N=Nc2ccc(C(=O)O)cc2)cc1. The molecule has 2 amide bonds. The first-order valence-electron chi connectivity index (χ1n) is 7.53. The van der Waals surface area contributed by atoms with E-state index in [-0.39, 0.29) is 18.0 Å². The van der Waals surface area contributed by atoms with Gasteiger partial charge in [-0.05, 0) is 54.6 Å². The Morgan fingerprint density at radius 3 is 2.00 bits per heavy atom. The molecular weight excluding hydrogens is 336 g/mol. The van der Waals surface area contributed by atoms with Crippen LogP contribution in [-0.4, -0.2) is 29.4 Å². The van der Waals surface area contributed by atoms with Gasteiger partial charge in [-0.3, -0.25) is 9.59 Å². The smallest absolute Gasteiger partial charge is 0.335 e. The standard InChI is InChI=1S/C18H16N4O4/c1-2-16(23)19-11-17(24)20-13-7-9-15(10-8-13)22-21-14-5-3-12(4-6-14)18(25)26/h2-10H,1,11H2,(H,19,23)(H,20,24)(H,25,26). The van der Waals surface area contributed by atoms with Crippen LogP contribution in [0.15, 0.2) is 71.4 Å². The van der Waals surface area contributed by atoms with Crippen molar-refractivity contribution >= 4 is 34.8 Å². The van der Waals surface area contributed by atoms with Gasteiger partial charge in [0, 0.05) is 5.69 Å². The molecule has 2 rings (SSSR count). The summed E-state index contributed by atoms with van der Waals surface area (Å²) in [5.41, 5.74) is 1.80. The molecule has 132 valence electrons. The minimum atomic E-state index is -1.00. The zero-order chi connectivity index (χ0) is 18.9. The summed E-state index contributed by atoms with van der Waals surface area (Å²) in [5, 5.41) is 21.9. The van der Waals surface area contributed by atoms with Gasteiger partial charge in [0.1, 0.15) is 0 Å². The summed E-state index contributed by atoms with van der Waals surface area (Å²) >= 11 is 0. The van der Waals surface area contributed by atoms with Crippen molar-refractivity contribution in [2.75, 3.05) is 11.9 Å². The number of nitrogens with one attached hydrogen (secondary N) is 2. The van der Waals surface area contributed by atoms with E-state index in [2.05, 4.69) is 27.4 Å². The average molecular weight is 352 g/mol. The molecule has 0 radical (unpaired) electrons. The lowest BCUT2D eigenvalue weighted by atomic mass is 10.2. The van der Waals surface area contributed by atoms with Crippen molar-refractivity contribution in [3.63, 3.8) is 0 Å². The molecule has 8 nitrogen and oxygen atoms in total. The van der Waals surface area contributed by atoms with Crippen LogP contribution in [0.3, 0.4) is 0 Å². The van der Waals surface area contributed by atoms with Crippen LogP contribution in [0.1, 0.15) is 10.4 Å². The Morgan fingerprint density at radius 1 is 0.962 bits per heavy atom. The Kier molecular flexibility index (Phi) is 6.33. The highest BCUT2D eigenvalue weighted by molar-refractivity contribution is 5.96. The van der Waals surface area contributed by atoms with Crippen molar-refractivity contribution in [3.8, 4) is 0 Å². The van der Waals surface area contributed by atoms with Crippen molar-refractivity contribution in [2.24, 2.45) is 10.2 Å². The summed E-state index contributed by atoms with van der Waals surface area (Å²) in [4.78, 5) is 33.4. The third kappa shape index (κ3) is 5.68. The van der Waals surface area contributed by atoms with E-state index < -0.39 is 11.9 Å². The number of hydrogen-bond donors (Lipinski definition) is 3. The zero-order valence-electron chi connectivity index (χ0n) is 13.7. The minimum Gasteiger partial charge on any atom is -0.478 e. The van der Waals surface area contributed by atoms with Crippen molar-refractivity contribution in [1.29, 1.82) is 0 Å². The number of aromatic carboxylic acids is 1. The average Bonchev–Trinajstić information content (AvgIpc) is 2.65. The number of rotatable bonds is 7. The molecule has 8 heteroatoms. The number of amides is 2. The number of carboxylic acids is 1. The zero-order valence-corrected chi connectivity index (χ0v) is 13.7. The van der Waals surface area contributed by atoms with Gasteiger partial charge < -0.3 is 15.7 Å². The highest BCUT2D eigenvalue weighted by atomic mass is 16.4. The summed E-state index contributed by atoms with van der Waals surface area (Å²) in [6.07, 6.45) is 1.09. The Balaban J connectivity index is 1.92. The number of benzene rings is 2. The Hall–Kier alpha value is -3.81. The van der Waals surface area contributed by atoms with E-state index in [0.29, 0.717) is 17.1 Å². The molecular formula is C18H16N4O4. The normalized spacial score (nSPS) is 10.3. The first-order valence-corrected chi connectivity index (χ1v) is 7.53. The maximum Gasteiger partial charge on any atom is 0.335 e. The van der Waals surface area contributed by atoms with E-state index in [9.17, 15) is 14.4 Å². The van der Waals surface area contributed by atoms with Crippen molar-refractivity contribution in [2.45, 2.75) is 0 Å². The first-order chi connectivity index (χ1) is 12.5. The van der Waals surface area contributed by atoms with Crippen LogP contribution < -0.4 is 10.6 Å². The predicted octanol–water partition coefficient (Wildman–Crippen LogP) is 3.04. The third-order valence-electron chi connectivity index (χ3n) is 3.15. The molecule has 0 aliphatic carbocycles. The van der Waals surface area contributed by atoms with Crippen LogP contribution in [0.4, 0.5) is 17.1 Å². The van der Waals surface area contributed by atoms with Gasteiger partial charge in [-0.25, -0.2) is 4.79 Å². The Morgan fingerprint density at radius 2 is 1.50 bits per heavy atom. The van der Waals surface area contributed by atoms with Gasteiger partial charge in [0.05, 0.1) is 23.5 Å². The molecule has 0 aromatic heterocycles. The van der Waals surface area contributed by atoms with Gasteiger partial charge in [0.15, 0.2) is 0 Å². The van der Waals surface area contributed by atoms with Crippen LogP contribution in [0.5, 0.6) is 0 Å². The van der Waals surface area contributed by atoms with Gasteiger partial charge >= 0.3 is 5.97 Å². The quantitative estimate of drug-likeness (QED) is 0.524. The molecule has 0 unspecified atom stereocenters. The molecule has 0 heterocycles. The molecule has 0 aliphatic heterocycles. The van der Waals surface area contributed by atoms with Gasteiger partial charge in [-0.15, -0.1) is 0 Å². The molecule has 0 aliphatic rings. The Bertz CT molecular complexity index is 842. The maximum absolute atomic E-state index is 11.7. The molecule has 0 fully saturated rings. The van der Waals surface area contributed by atoms with Gasteiger partial charge in [0.2, 0.25) is 11.8 Å². The van der Waals surface area contributed by atoms with Crippen LogP contribution in [-0.2, 0) is 9.59 Å². The van der Waals surface area contributed by atoms with Gasteiger partial charge in [-0.1, -0.05) is 6.58 Å². The first kappa shape index (κ1) is 18.5. The van der Waals surface area contributed by atoms with Crippen LogP contribution in [0.25, 0.3) is 0 Å². The highest BCUT2D eigenvalue weighted by Gasteiger charge is 2.04. The fourth-order valence-electron chi connectivity index (χ4n) is 1.84. The maximum atomic E-state index is 11.7. The van der Waals surface area contributed by atoms with E-state index in [1.54, 1.807) is 36.4 Å². The highest BCUT2D eigenvalue weighted by Crippen LogP contribution is 2.20. The predicted molar refractivity (Wildman–Crippen MR) is 95.9 cm³/mol. The number of hydrogen-bond acceptors (Lipinski definition) is 5. The third-order valence-corrected chi connectivity index (χ3v) is 3.15. The molecule has 0 atom stereocenters. The van der Waals surface area contributed by atoms with E-state index >= 15 is 0 Å². The van der Waals surface area contributed by atoms with Crippen molar-refractivity contribution < 1.29 is 19.5 Å². The van der Waals surface area contributed by atoms with Crippen LogP contribution in [0, 0.1) is 0 Å². The summed E-state index contributed by atoms with van der Waals surface area (Å²) in [6, 6.07) is 12.6. The van der Waals surface area contributed by atoms with E-state index in [1.807, 2.05) is 0 Å². The fraction of sp³-hybridized carbons (Fsp3) is 0.0556. The van der Waals surface area contributed by atoms with Gasteiger partial charge in [0.25, 0.3) is 0 Å². The lowest BCUT2D eigenvalue weighted by Gasteiger charge is -2.05. The van der Waals surface area contributed by atoms with E-state index in [0.717, 1.165) is 6.08 Å². The van der Waals surface area contributed by atoms with E-state index in [1.165, 1.54) is 12.1 Å². The van der Waals surface area contributed by atoms with Crippen LogP contribution in [0.2, 0.25) is 0 Å². The van der Waals surface area contributed by atoms with Crippen molar-refractivity contribution in [3.05, 3.63) is 66.7 Å². The van der Waals surface area contributed by atoms with E-state index in [4.69, 9.17) is 5.11 Å². The topological polar surface area (TPSA) is 120 Å². The molecule has 3 N–H and O–H groups in total.